The standard InChI is InChI=1S/C14H14O3/c1-17-12-6-7-13-10(5-8-14(15)16)3-2-4-11(13)9-12/h2-4,6-7,9H,5,8H2,1H3,(H,15,16). The summed E-state index contributed by atoms with van der Waals surface area (Å²) >= 11 is 0. The summed E-state index contributed by atoms with van der Waals surface area (Å²) in [4.78, 5) is 10.6. The number of fused-ring (bicyclic) bond motifs is 1. The Kier molecular flexibility index (Phi) is 3.28. The highest BCUT2D eigenvalue weighted by Crippen LogP contribution is 2.24. The molecule has 1 N–H and O–H groups in total. The molecule has 0 saturated carbocycles. The smallest absolute Gasteiger partial charge is 0.303 e. The predicted molar refractivity (Wildman–Crippen MR) is 66.5 cm³/mol. The normalized spacial score (nSPS) is 10.4. The van der Waals surface area contributed by atoms with Crippen LogP contribution in [-0.4, -0.2) is 18.2 Å². The van der Waals surface area contributed by atoms with Gasteiger partial charge in [-0.2, -0.15) is 0 Å². The van der Waals surface area contributed by atoms with Crippen molar-refractivity contribution in [3.05, 3.63) is 42.0 Å². The van der Waals surface area contributed by atoms with Gasteiger partial charge in [-0.25, -0.2) is 0 Å². The van der Waals surface area contributed by atoms with E-state index < -0.39 is 5.97 Å². The number of hydrogen-bond acceptors (Lipinski definition) is 2. The maximum atomic E-state index is 10.6. The van der Waals surface area contributed by atoms with Crippen molar-refractivity contribution < 1.29 is 14.6 Å². The zero-order valence-electron chi connectivity index (χ0n) is 9.64. The van der Waals surface area contributed by atoms with Crippen molar-refractivity contribution in [2.24, 2.45) is 0 Å². The van der Waals surface area contributed by atoms with Crippen LogP contribution in [0.25, 0.3) is 10.8 Å². The van der Waals surface area contributed by atoms with Crippen molar-refractivity contribution in [2.75, 3.05) is 7.11 Å². The van der Waals surface area contributed by atoms with Crippen molar-refractivity contribution in [1.29, 1.82) is 0 Å². The number of benzene rings is 2. The second-order valence-electron chi connectivity index (χ2n) is 3.90. The SMILES string of the molecule is COc1ccc2c(CCC(=O)O)cccc2c1. The predicted octanol–water partition coefficient (Wildman–Crippen LogP) is 2.87. The Bertz CT molecular complexity index is 546. The summed E-state index contributed by atoms with van der Waals surface area (Å²) in [6, 6.07) is 11.7. The molecule has 17 heavy (non-hydrogen) atoms. The summed E-state index contributed by atoms with van der Waals surface area (Å²) in [6.07, 6.45) is 0.712. The van der Waals surface area contributed by atoms with Crippen molar-refractivity contribution in [2.45, 2.75) is 12.8 Å². The van der Waals surface area contributed by atoms with Gasteiger partial charge in [0.25, 0.3) is 0 Å². The van der Waals surface area contributed by atoms with Crippen LogP contribution in [0.4, 0.5) is 0 Å². The van der Waals surface area contributed by atoms with Crippen molar-refractivity contribution in [3.8, 4) is 5.75 Å². The minimum absolute atomic E-state index is 0.158. The first-order chi connectivity index (χ1) is 8.20. The minimum Gasteiger partial charge on any atom is -0.497 e. The average Bonchev–Trinajstić information content (AvgIpc) is 2.35. The molecule has 0 bridgehead atoms. The van der Waals surface area contributed by atoms with Crippen LogP contribution in [0.2, 0.25) is 0 Å². The highest BCUT2D eigenvalue weighted by molar-refractivity contribution is 5.87. The molecule has 0 aliphatic carbocycles. The summed E-state index contributed by atoms with van der Waals surface area (Å²) in [5.74, 6) is 0.0448. The van der Waals surface area contributed by atoms with Crippen LogP contribution in [0.3, 0.4) is 0 Å². The van der Waals surface area contributed by atoms with Crippen LogP contribution in [0, 0.1) is 0 Å². The molecule has 0 amide bonds. The van der Waals surface area contributed by atoms with Gasteiger partial charge in [-0.1, -0.05) is 24.3 Å². The second kappa shape index (κ2) is 4.87. The Balaban J connectivity index is 2.39. The van der Waals surface area contributed by atoms with Gasteiger partial charge < -0.3 is 9.84 Å². The third-order valence-corrected chi connectivity index (χ3v) is 2.79. The molecule has 2 aromatic carbocycles. The Morgan fingerprint density at radius 2 is 2.12 bits per heavy atom. The lowest BCUT2D eigenvalue weighted by molar-refractivity contribution is -0.136. The fourth-order valence-electron chi connectivity index (χ4n) is 1.92. The molecule has 0 unspecified atom stereocenters. The number of ether oxygens (including phenoxy) is 1. The van der Waals surface area contributed by atoms with E-state index in [1.54, 1.807) is 7.11 Å². The minimum atomic E-state index is -0.768. The van der Waals surface area contributed by atoms with Gasteiger partial charge in [0.15, 0.2) is 0 Å². The van der Waals surface area contributed by atoms with E-state index in [1.165, 1.54) is 0 Å². The maximum absolute atomic E-state index is 10.6. The Morgan fingerprint density at radius 3 is 2.82 bits per heavy atom. The molecule has 88 valence electrons. The Labute approximate surface area is 99.6 Å². The lowest BCUT2D eigenvalue weighted by atomic mass is 10.0. The number of carbonyl (C=O) groups is 1. The first-order valence-electron chi connectivity index (χ1n) is 5.48. The fourth-order valence-corrected chi connectivity index (χ4v) is 1.92. The number of rotatable bonds is 4. The molecular weight excluding hydrogens is 216 g/mol. The van der Waals surface area contributed by atoms with E-state index in [9.17, 15) is 4.79 Å². The Morgan fingerprint density at radius 1 is 1.29 bits per heavy atom. The van der Waals surface area contributed by atoms with E-state index in [0.717, 1.165) is 22.1 Å². The number of aryl methyl sites for hydroxylation is 1. The Hall–Kier alpha value is -2.03. The molecule has 0 spiro atoms. The molecule has 0 saturated heterocycles. The molecule has 3 nitrogen and oxygen atoms in total. The van der Waals surface area contributed by atoms with Crippen molar-refractivity contribution >= 4 is 16.7 Å². The highest BCUT2D eigenvalue weighted by Gasteiger charge is 2.04. The van der Waals surface area contributed by atoms with Gasteiger partial charge in [0.1, 0.15) is 5.75 Å². The summed E-state index contributed by atoms with van der Waals surface area (Å²) in [6.45, 7) is 0. The first kappa shape index (κ1) is 11.5. The summed E-state index contributed by atoms with van der Waals surface area (Å²) in [5.41, 5.74) is 1.06. The third-order valence-electron chi connectivity index (χ3n) is 2.79. The van der Waals surface area contributed by atoms with Crippen LogP contribution in [0.5, 0.6) is 5.75 Å². The number of methoxy groups -OCH3 is 1. The van der Waals surface area contributed by atoms with Gasteiger partial charge >= 0.3 is 5.97 Å². The first-order valence-corrected chi connectivity index (χ1v) is 5.48. The molecule has 0 atom stereocenters. The van der Waals surface area contributed by atoms with Crippen LogP contribution >= 0.6 is 0 Å². The quantitative estimate of drug-likeness (QED) is 0.878. The lowest BCUT2D eigenvalue weighted by Crippen LogP contribution is -1.98. The van der Waals surface area contributed by atoms with E-state index in [4.69, 9.17) is 9.84 Å². The van der Waals surface area contributed by atoms with Crippen LogP contribution in [0.1, 0.15) is 12.0 Å². The van der Waals surface area contributed by atoms with Gasteiger partial charge in [0.2, 0.25) is 0 Å². The lowest BCUT2D eigenvalue weighted by Gasteiger charge is -2.07. The molecule has 0 aliphatic heterocycles. The van der Waals surface area contributed by atoms with Gasteiger partial charge in [0.05, 0.1) is 7.11 Å². The summed E-state index contributed by atoms with van der Waals surface area (Å²) < 4.78 is 5.17. The molecule has 0 radical (unpaired) electrons. The van der Waals surface area contributed by atoms with E-state index in [0.29, 0.717) is 6.42 Å². The number of carboxylic acid groups (broad SMARTS) is 1. The number of aliphatic carboxylic acids is 1. The largest absolute Gasteiger partial charge is 0.497 e. The van der Waals surface area contributed by atoms with Gasteiger partial charge in [-0.05, 0) is 34.9 Å². The molecule has 0 aliphatic rings. The van der Waals surface area contributed by atoms with Crippen molar-refractivity contribution in [1.82, 2.24) is 0 Å². The zero-order valence-corrected chi connectivity index (χ0v) is 9.64. The molecule has 2 rings (SSSR count). The molecule has 0 fully saturated rings. The summed E-state index contributed by atoms with van der Waals surface area (Å²) in [5, 5.41) is 10.9. The number of hydrogen-bond donors (Lipinski definition) is 1. The van der Waals surface area contributed by atoms with Gasteiger partial charge in [0, 0.05) is 6.42 Å². The van der Waals surface area contributed by atoms with Crippen LogP contribution < -0.4 is 4.74 Å². The zero-order chi connectivity index (χ0) is 12.3. The molecule has 0 aromatic heterocycles. The summed E-state index contributed by atoms with van der Waals surface area (Å²) in [7, 11) is 1.63. The topological polar surface area (TPSA) is 46.5 Å². The van der Waals surface area contributed by atoms with E-state index in [1.807, 2.05) is 36.4 Å². The third kappa shape index (κ3) is 2.56. The van der Waals surface area contributed by atoms with Crippen molar-refractivity contribution in [3.63, 3.8) is 0 Å². The van der Waals surface area contributed by atoms with Crippen LogP contribution in [0.15, 0.2) is 36.4 Å². The number of carboxylic acids is 1. The molecule has 3 heteroatoms. The van der Waals surface area contributed by atoms with Gasteiger partial charge in [-0.15, -0.1) is 0 Å². The molecular formula is C14H14O3. The second-order valence-corrected chi connectivity index (χ2v) is 3.90. The van der Waals surface area contributed by atoms with E-state index >= 15 is 0 Å². The maximum Gasteiger partial charge on any atom is 0.303 e. The fraction of sp³-hybridized carbons (Fsp3) is 0.214. The van der Waals surface area contributed by atoms with Gasteiger partial charge in [-0.3, -0.25) is 4.79 Å². The highest BCUT2D eigenvalue weighted by atomic mass is 16.5. The molecule has 2 aromatic rings. The van der Waals surface area contributed by atoms with Crippen LogP contribution in [-0.2, 0) is 11.2 Å². The van der Waals surface area contributed by atoms with E-state index in [2.05, 4.69) is 0 Å². The van der Waals surface area contributed by atoms with E-state index in [-0.39, 0.29) is 6.42 Å². The molecule has 0 heterocycles. The average molecular weight is 230 g/mol. The monoisotopic (exact) mass is 230 g/mol.